The van der Waals surface area contributed by atoms with Crippen LogP contribution in [0.2, 0.25) is 0 Å². The average molecular weight is 513 g/mol. The molecule has 0 atom stereocenters. The molecule has 0 aromatic carbocycles. The van der Waals surface area contributed by atoms with Crippen LogP contribution in [0.15, 0.2) is 33.9 Å². The molecule has 2 aromatic rings. The molecule has 0 radical (unpaired) electrons. The maximum atomic E-state index is 5.29. The second-order valence-corrected chi connectivity index (χ2v) is 7.09. The normalized spacial score (nSPS) is 15.7. The number of likely N-dealkylation sites (tertiary alicyclic amines) is 1. The van der Waals surface area contributed by atoms with Crippen molar-refractivity contribution in [3.63, 3.8) is 0 Å². The lowest BCUT2D eigenvalue weighted by molar-refractivity contribution is 0.203. The summed E-state index contributed by atoms with van der Waals surface area (Å²) in [6, 6.07) is 6.09. The Kier molecular flexibility index (Phi) is 10.3. The van der Waals surface area contributed by atoms with E-state index in [0.29, 0.717) is 36.4 Å². The molecule has 160 valence electrons. The van der Waals surface area contributed by atoms with Crippen LogP contribution in [0.3, 0.4) is 0 Å². The number of pyridine rings is 1. The summed E-state index contributed by atoms with van der Waals surface area (Å²) in [5.74, 6) is 1.95. The van der Waals surface area contributed by atoms with Gasteiger partial charge in [0.25, 0.3) is 5.89 Å². The molecule has 8 nitrogen and oxygen atoms in total. The largest absolute Gasteiger partial charge is 0.356 e. The molecular formula is C20H32IN7O. The summed E-state index contributed by atoms with van der Waals surface area (Å²) in [6.45, 7) is 6.48. The Balaban J connectivity index is 0.00000300. The van der Waals surface area contributed by atoms with Crippen LogP contribution >= 0.6 is 24.0 Å². The van der Waals surface area contributed by atoms with Gasteiger partial charge in [-0.2, -0.15) is 4.98 Å². The maximum absolute atomic E-state index is 5.29. The lowest BCUT2D eigenvalue weighted by Gasteiger charge is -2.33. The van der Waals surface area contributed by atoms with Crippen molar-refractivity contribution in [2.45, 2.75) is 45.1 Å². The van der Waals surface area contributed by atoms with Gasteiger partial charge >= 0.3 is 0 Å². The summed E-state index contributed by atoms with van der Waals surface area (Å²) in [6.07, 6.45) is 7.24. The Morgan fingerprint density at radius 3 is 2.83 bits per heavy atom. The smallest absolute Gasteiger partial charge is 0.276 e. The SMILES string of the molecule is CCCCN1CCC(NC(=NC)NCCc2noc(-c3ccccn3)n2)CC1.I. The van der Waals surface area contributed by atoms with Gasteiger partial charge in [0.15, 0.2) is 11.8 Å². The minimum Gasteiger partial charge on any atom is -0.356 e. The highest BCUT2D eigenvalue weighted by Gasteiger charge is 2.19. The second kappa shape index (κ2) is 12.7. The van der Waals surface area contributed by atoms with E-state index in [0.717, 1.165) is 31.9 Å². The molecule has 0 unspecified atom stereocenters. The number of unbranched alkanes of at least 4 members (excludes halogenated alkanes) is 1. The quantitative estimate of drug-likeness (QED) is 0.319. The van der Waals surface area contributed by atoms with Crippen LogP contribution in [0.5, 0.6) is 0 Å². The van der Waals surface area contributed by atoms with E-state index in [9.17, 15) is 0 Å². The Hall–Kier alpha value is -1.75. The lowest BCUT2D eigenvalue weighted by Crippen LogP contribution is -2.49. The van der Waals surface area contributed by atoms with Crippen molar-refractivity contribution in [2.24, 2.45) is 4.99 Å². The number of halogens is 1. The van der Waals surface area contributed by atoms with Gasteiger partial charge in [0.05, 0.1) is 0 Å². The van der Waals surface area contributed by atoms with Crippen molar-refractivity contribution in [3.05, 3.63) is 30.2 Å². The van der Waals surface area contributed by atoms with E-state index in [-0.39, 0.29) is 24.0 Å². The molecule has 2 N–H and O–H groups in total. The van der Waals surface area contributed by atoms with Gasteiger partial charge in [0.1, 0.15) is 5.69 Å². The number of aromatic nitrogens is 3. The summed E-state index contributed by atoms with van der Waals surface area (Å²) in [5.41, 5.74) is 0.692. The van der Waals surface area contributed by atoms with E-state index in [1.807, 2.05) is 18.2 Å². The van der Waals surface area contributed by atoms with Gasteiger partial charge in [-0.25, -0.2) is 0 Å². The molecule has 0 amide bonds. The molecule has 3 rings (SSSR count). The third kappa shape index (κ3) is 7.54. The zero-order chi connectivity index (χ0) is 19.6. The molecule has 1 aliphatic rings. The first-order valence-corrected chi connectivity index (χ1v) is 10.2. The summed E-state index contributed by atoms with van der Waals surface area (Å²) < 4.78 is 5.29. The fourth-order valence-electron chi connectivity index (χ4n) is 3.31. The lowest BCUT2D eigenvalue weighted by atomic mass is 10.0. The topological polar surface area (TPSA) is 91.5 Å². The van der Waals surface area contributed by atoms with Crippen LogP contribution in [-0.2, 0) is 6.42 Å². The number of rotatable bonds is 8. The van der Waals surface area contributed by atoms with Gasteiger partial charge in [-0.1, -0.05) is 24.6 Å². The average Bonchev–Trinajstić information content (AvgIpc) is 3.22. The van der Waals surface area contributed by atoms with Crippen LogP contribution in [0.1, 0.15) is 38.4 Å². The third-order valence-corrected chi connectivity index (χ3v) is 4.97. The van der Waals surface area contributed by atoms with Crippen molar-refractivity contribution < 1.29 is 4.52 Å². The molecule has 1 saturated heterocycles. The van der Waals surface area contributed by atoms with Crippen LogP contribution in [0.4, 0.5) is 0 Å². The van der Waals surface area contributed by atoms with E-state index in [1.54, 1.807) is 13.2 Å². The van der Waals surface area contributed by atoms with Crippen molar-refractivity contribution in [1.82, 2.24) is 30.7 Å². The number of nitrogens with zero attached hydrogens (tertiary/aromatic N) is 5. The zero-order valence-corrected chi connectivity index (χ0v) is 19.6. The Morgan fingerprint density at radius 2 is 2.14 bits per heavy atom. The predicted octanol–water partition coefficient (Wildman–Crippen LogP) is 2.72. The predicted molar refractivity (Wildman–Crippen MR) is 126 cm³/mol. The standard InChI is InChI=1S/C20H31N7O.HI/c1-3-4-13-27-14-9-16(10-15-27)24-20(21-2)23-12-8-18-25-19(28-26-18)17-7-5-6-11-22-17;/h5-7,11,16H,3-4,8-10,12-15H2,1-2H3,(H2,21,23,24);1H. The van der Waals surface area contributed by atoms with E-state index in [4.69, 9.17) is 4.52 Å². The van der Waals surface area contributed by atoms with E-state index in [2.05, 4.69) is 42.6 Å². The number of guanidine groups is 1. The first kappa shape index (κ1) is 23.5. The van der Waals surface area contributed by atoms with Gasteiger partial charge in [-0.15, -0.1) is 24.0 Å². The highest BCUT2D eigenvalue weighted by molar-refractivity contribution is 14.0. The Labute approximate surface area is 190 Å². The highest BCUT2D eigenvalue weighted by Crippen LogP contribution is 2.13. The van der Waals surface area contributed by atoms with E-state index < -0.39 is 0 Å². The summed E-state index contributed by atoms with van der Waals surface area (Å²) in [7, 11) is 1.80. The Bertz CT molecular complexity index is 729. The summed E-state index contributed by atoms with van der Waals surface area (Å²) in [4.78, 5) is 15.5. The van der Waals surface area contributed by atoms with E-state index in [1.165, 1.54) is 19.4 Å². The molecule has 0 aliphatic carbocycles. The van der Waals surface area contributed by atoms with Gasteiger partial charge in [-0.3, -0.25) is 9.98 Å². The maximum Gasteiger partial charge on any atom is 0.276 e. The monoisotopic (exact) mass is 513 g/mol. The Morgan fingerprint density at radius 1 is 1.31 bits per heavy atom. The van der Waals surface area contributed by atoms with Gasteiger partial charge in [0.2, 0.25) is 0 Å². The molecular weight excluding hydrogens is 481 g/mol. The number of hydrogen-bond donors (Lipinski definition) is 2. The molecule has 1 fully saturated rings. The number of aliphatic imine (C=N–C) groups is 1. The first-order chi connectivity index (χ1) is 13.8. The molecule has 2 aromatic heterocycles. The molecule has 0 spiro atoms. The highest BCUT2D eigenvalue weighted by atomic mass is 127. The third-order valence-electron chi connectivity index (χ3n) is 4.97. The minimum atomic E-state index is 0. The van der Waals surface area contributed by atoms with Crippen LogP contribution < -0.4 is 10.6 Å². The van der Waals surface area contributed by atoms with Crippen LogP contribution in [-0.4, -0.2) is 65.3 Å². The number of nitrogens with one attached hydrogen (secondary N) is 2. The molecule has 3 heterocycles. The van der Waals surface area contributed by atoms with Crippen molar-refractivity contribution in [2.75, 3.05) is 33.2 Å². The fourth-order valence-corrected chi connectivity index (χ4v) is 3.31. The van der Waals surface area contributed by atoms with E-state index >= 15 is 0 Å². The first-order valence-electron chi connectivity index (χ1n) is 10.2. The van der Waals surface area contributed by atoms with Crippen molar-refractivity contribution in [1.29, 1.82) is 0 Å². The molecule has 9 heteroatoms. The number of piperidine rings is 1. The van der Waals surface area contributed by atoms with Gasteiger partial charge < -0.3 is 20.1 Å². The number of hydrogen-bond acceptors (Lipinski definition) is 6. The van der Waals surface area contributed by atoms with Gasteiger partial charge in [0, 0.05) is 45.3 Å². The summed E-state index contributed by atoms with van der Waals surface area (Å²) in [5, 5.41) is 10.9. The summed E-state index contributed by atoms with van der Waals surface area (Å²) >= 11 is 0. The van der Waals surface area contributed by atoms with Crippen LogP contribution in [0, 0.1) is 0 Å². The van der Waals surface area contributed by atoms with Crippen molar-refractivity contribution >= 4 is 29.9 Å². The fraction of sp³-hybridized carbons (Fsp3) is 0.600. The zero-order valence-electron chi connectivity index (χ0n) is 17.3. The van der Waals surface area contributed by atoms with Crippen LogP contribution in [0.25, 0.3) is 11.6 Å². The van der Waals surface area contributed by atoms with Gasteiger partial charge in [-0.05, 0) is 37.9 Å². The molecule has 0 bridgehead atoms. The molecule has 0 saturated carbocycles. The molecule has 29 heavy (non-hydrogen) atoms. The molecule has 1 aliphatic heterocycles. The second-order valence-electron chi connectivity index (χ2n) is 7.09. The van der Waals surface area contributed by atoms with Crippen molar-refractivity contribution in [3.8, 4) is 11.6 Å². The minimum absolute atomic E-state index is 0.